The maximum atomic E-state index is 10.9. The lowest BCUT2D eigenvalue weighted by Crippen LogP contribution is -2.12. The number of nitrogens with zero attached hydrogens (tertiary/aromatic N) is 1. The van der Waals surface area contributed by atoms with Crippen LogP contribution in [0.25, 0.3) is 0 Å². The van der Waals surface area contributed by atoms with Crippen molar-refractivity contribution < 1.29 is 4.79 Å². The number of carbonyl (C=O) groups is 1. The second-order valence-corrected chi connectivity index (χ2v) is 3.35. The largest absolute Gasteiger partial charge is 0.397 e. The van der Waals surface area contributed by atoms with Gasteiger partial charge in [0.05, 0.1) is 11.4 Å². The van der Waals surface area contributed by atoms with E-state index in [9.17, 15) is 4.79 Å². The van der Waals surface area contributed by atoms with Gasteiger partial charge in [-0.25, -0.2) is 0 Å². The molecule has 4 nitrogen and oxygen atoms in total. The molecule has 0 saturated heterocycles. The molecule has 0 unspecified atom stereocenters. The molecule has 0 fully saturated rings. The SMILES string of the molecule is CC(=O)Nc1cc(N(C)C)ccc1N. The van der Waals surface area contributed by atoms with Crippen LogP contribution >= 0.6 is 0 Å². The third-order valence-corrected chi connectivity index (χ3v) is 1.86. The van der Waals surface area contributed by atoms with Crippen LogP contribution in [0.15, 0.2) is 18.2 Å². The first-order chi connectivity index (χ1) is 6.50. The molecule has 3 N–H and O–H groups in total. The molecule has 0 bridgehead atoms. The number of hydrogen-bond acceptors (Lipinski definition) is 3. The molecule has 0 aromatic heterocycles. The van der Waals surface area contributed by atoms with Gasteiger partial charge in [-0.2, -0.15) is 0 Å². The second-order valence-electron chi connectivity index (χ2n) is 3.35. The molecule has 1 aromatic rings. The zero-order chi connectivity index (χ0) is 10.7. The maximum Gasteiger partial charge on any atom is 0.221 e. The third kappa shape index (κ3) is 2.39. The van der Waals surface area contributed by atoms with Gasteiger partial charge < -0.3 is 16.0 Å². The topological polar surface area (TPSA) is 58.4 Å². The van der Waals surface area contributed by atoms with Crippen LogP contribution in [0, 0.1) is 0 Å². The Hall–Kier alpha value is -1.71. The van der Waals surface area contributed by atoms with Gasteiger partial charge in [-0.05, 0) is 18.2 Å². The minimum Gasteiger partial charge on any atom is -0.397 e. The summed E-state index contributed by atoms with van der Waals surface area (Å²) >= 11 is 0. The molecule has 14 heavy (non-hydrogen) atoms. The lowest BCUT2D eigenvalue weighted by molar-refractivity contribution is -0.114. The molecule has 1 amide bonds. The highest BCUT2D eigenvalue weighted by Crippen LogP contribution is 2.24. The summed E-state index contributed by atoms with van der Waals surface area (Å²) in [6.07, 6.45) is 0. The van der Waals surface area contributed by atoms with E-state index in [2.05, 4.69) is 5.32 Å². The van der Waals surface area contributed by atoms with Crippen LogP contribution in [0.4, 0.5) is 17.1 Å². The van der Waals surface area contributed by atoms with E-state index >= 15 is 0 Å². The fourth-order valence-corrected chi connectivity index (χ4v) is 1.12. The molecule has 0 saturated carbocycles. The Balaban J connectivity index is 3.02. The van der Waals surface area contributed by atoms with Gasteiger partial charge in [-0.3, -0.25) is 4.79 Å². The molecular weight excluding hydrogens is 178 g/mol. The summed E-state index contributed by atoms with van der Waals surface area (Å²) in [6, 6.07) is 5.53. The van der Waals surface area contributed by atoms with Crippen LogP contribution in [0.1, 0.15) is 6.92 Å². The number of rotatable bonds is 2. The summed E-state index contributed by atoms with van der Waals surface area (Å²) < 4.78 is 0. The maximum absolute atomic E-state index is 10.9. The number of benzene rings is 1. The Labute approximate surface area is 83.7 Å². The minimum absolute atomic E-state index is 0.118. The fourth-order valence-electron chi connectivity index (χ4n) is 1.12. The Morgan fingerprint density at radius 2 is 2.07 bits per heavy atom. The van der Waals surface area contributed by atoms with E-state index < -0.39 is 0 Å². The van der Waals surface area contributed by atoms with Crippen molar-refractivity contribution in [1.29, 1.82) is 0 Å². The van der Waals surface area contributed by atoms with Crippen LogP contribution < -0.4 is 16.0 Å². The number of nitrogens with one attached hydrogen (secondary N) is 1. The molecular formula is C10H15N3O. The normalized spacial score (nSPS) is 9.64. The first-order valence-electron chi connectivity index (χ1n) is 4.35. The highest BCUT2D eigenvalue weighted by atomic mass is 16.1. The number of anilines is 3. The molecule has 0 heterocycles. The molecule has 0 aliphatic carbocycles. The average molecular weight is 193 g/mol. The standard InChI is InChI=1S/C10H15N3O/c1-7(14)12-10-6-8(13(2)3)4-5-9(10)11/h4-6H,11H2,1-3H3,(H,12,14). The van der Waals surface area contributed by atoms with Gasteiger partial charge in [-0.15, -0.1) is 0 Å². The summed E-state index contributed by atoms with van der Waals surface area (Å²) in [4.78, 5) is 12.8. The first kappa shape index (κ1) is 10.4. The molecule has 1 rings (SSSR count). The molecule has 1 aromatic carbocycles. The van der Waals surface area contributed by atoms with Crippen molar-refractivity contribution in [3.05, 3.63) is 18.2 Å². The molecule has 0 atom stereocenters. The number of hydrogen-bond donors (Lipinski definition) is 2. The van der Waals surface area contributed by atoms with E-state index in [0.29, 0.717) is 11.4 Å². The molecule has 0 radical (unpaired) electrons. The van der Waals surface area contributed by atoms with Gasteiger partial charge in [0.2, 0.25) is 5.91 Å². The van der Waals surface area contributed by atoms with E-state index in [0.717, 1.165) is 5.69 Å². The number of nitrogens with two attached hydrogens (primary N) is 1. The summed E-state index contributed by atoms with van der Waals surface area (Å²) in [6.45, 7) is 1.46. The Morgan fingerprint density at radius 1 is 1.43 bits per heavy atom. The van der Waals surface area contributed by atoms with Crippen molar-refractivity contribution in [2.45, 2.75) is 6.92 Å². The molecule has 4 heteroatoms. The smallest absolute Gasteiger partial charge is 0.221 e. The van der Waals surface area contributed by atoms with E-state index in [1.165, 1.54) is 6.92 Å². The van der Waals surface area contributed by atoms with Gasteiger partial charge in [0.25, 0.3) is 0 Å². The van der Waals surface area contributed by atoms with Crippen molar-refractivity contribution in [3.8, 4) is 0 Å². The number of carbonyl (C=O) groups excluding carboxylic acids is 1. The van der Waals surface area contributed by atoms with Gasteiger partial charge >= 0.3 is 0 Å². The second kappa shape index (κ2) is 4.00. The van der Waals surface area contributed by atoms with Crippen molar-refractivity contribution in [1.82, 2.24) is 0 Å². The quantitative estimate of drug-likeness (QED) is 0.696. The van der Waals surface area contributed by atoms with Crippen molar-refractivity contribution >= 4 is 23.0 Å². The van der Waals surface area contributed by atoms with Crippen LogP contribution in [0.2, 0.25) is 0 Å². The van der Waals surface area contributed by atoms with Crippen molar-refractivity contribution in [3.63, 3.8) is 0 Å². The van der Waals surface area contributed by atoms with Gasteiger partial charge in [0.15, 0.2) is 0 Å². The molecule has 0 spiro atoms. The summed E-state index contributed by atoms with van der Waals surface area (Å²) in [5.41, 5.74) is 7.94. The zero-order valence-corrected chi connectivity index (χ0v) is 8.66. The highest BCUT2D eigenvalue weighted by molar-refractivity contribution is 5.93. The minimum atomic E-state index is -0.118. The van der Waals surface area contributed by atoms with Crippen LogP contribution in [-0.4, -0.2) is 20.0 Å². The molecule has 76 valence electrons. The molecule has 0 aliphatic heterocycles. The van der Waals surface area contributed by atoms with Crippen molar-refractivity contribution in [2.75, 3.05) is 30.0 Å². The van der Waals surface area contributed by atoms with Gasteiger partial charge in [0.1, 0.15) is 0 Å². The van der Waals surface area contributed by atoms with E-state index in [-0.39, 0.29) is 5.91 Å². The summed E-state index contributed by atoms with van der Waals surface area (Å²) in [5.74, 6) is -0.118. The lowest BCUT2D eigenvalue weighted by atomic mass is 10.2. The first-order valence-corrected chi connectivity index (χ1v) is 4.35. The molecule has 0 aliphatic rings. The Kier molecular flexibility index (Phi) is 2.96. The summed E-state index contributed by atoms with van der Waals surface area (Å²) in [5, 5.41) is 2.68. The Bertz CT molecular complexity index is 347. The van der Waals surface area contributed by atoms with Gasteiger partial charge in [-0.1, -0.05) is 0 Å². The predicted octanol–water partition coefficient (Wildman–Crippen LogP) is 1.29. The van der Waals surface area contributed by atoms with Gasteiger partial charge in [0, 0.05) is 26.7 Å². The van der Waals surface area contributed by atoms with Crippen LogP contribution in [0.5, 0.6) is 0 Å². The zero-order valence-electron chi connectivity index (χ0n) is 8.66. The number of nitrogen functional groups attached to an aromatic ring is 1. The Morgan fingerprint density at radius 3 is 2.57 bits per heavy atom. The van der Waals surface area contributed by atoms with E-state index in [1.807, 2.05) is 31.1 Å². The number of amides is 1. The fraction of sp³-hybridized carbons (Fsp3) is 0.300. The monoisotopic (exact) mass is 193 g/mol. The van der Waals surface area contributed by atoms with Crippen molar-refractivity contribution in [2.24, 2.45) is 0 Å². The van der Waals surface area contributed by atoms with E-state index in [4.69, 9.17) is 5.73 Å². The predicted molar refractivity (Wildman–Crippen MR) is 59.5 cm³/mol. The van der Waals surface area contributed by atoms with Crippen LogP contribution in [0.3, 0.4) is 0 Å². The third-order valence-electron chi connectivity index (χ3n) is 1.86. The van der Waals surface area contributed by atoms with Crippen LogP contribution in [-0.2, 0) is 4.79 Å². The van der Waals surface area contributed by atoms with E-state index in [1.54, 1.807) is 6.07 Å². The summed E-state index contributed by atoms with van der Waals surface area (Å²) in [7, 11) is 3.87. The average Bonchev–Trinajstić information content (AvgIpc) is 2.07. The highest BCUT2D eigenvalue weighted by Gasteiger charge is 2.03. The lowest BCUT2D eigenvalue weighted by Gasteiger charge is -2.15.